The molecule has 1 aliphatic rings. The van der Waals surface area contributed by atoms with Gasteiger partial charge < -0.3 is 5.32 Å². The predicted molar refractivity (Wildman–Crippen MR) is 93.1 cm³/mol. The maximum atomic E-state index is 13.1. The zero-order chi connectivity index (χ0) is 19.8. The molecule has 0 saturated carbocycles. The molecule has 1 unspecified atom stereocenters. The van der Waals surface area contributed by atoms with E-state index < -0.39 is 11.9 Å². The molecule has 1 atom stereocenters. The highest BCUT2D eigenvalue weighted by molar-refractivity contribution is 5.75. The van der Waals surface area contributed by atoms with E-state index in [1.807, 2.05) is 31.5 Å². The molecular weight excluding hydrogens is 359 g/mol. The van der Waals surface area contributed by atoms with E-state index in [-0.39, 0.29) is 23.9 Å². The minimum Gasteiger partial charge on any atom is -0.354 e. The molecule has 0 aliphatic heterocycles. The van der Waals surface area contributed by atoms with Crippen LogP contribution in [0.1, 0.15) is 41.7 Å². The minimum atomic E-state index is -4.48. The molecule has 148 valence electrons. The molecule has 0 radical (unpaired) electrons. The van der Waals surface area contributed by atoms with Crippen LogP contribution in [0.5, 0.6) is 0 Å². The molecule has 3 rings (SSSR count). The summed E-state index contributed by atoms with van der Waals surface area (Å²) in [7, 11) is 0. The average Bonchev–Trinajstić information content (AvgIpc) is 3.22. The number of alkyl halides is 3. The number of halogens is 3. The van der Waals surface area contributed by atoms with Gasteiger partial charge in [0.1, 0.15) is 6.54 Å². The second kappa shape index (κ2) is 7.36. The van der Waals surface area contributed by atoms with Crippen molar-refractivity contribution in [2.45, 2.75) is 59.3 Å². The summed E-state index contributed by atoms with van der Waals surface area (Å²) < 4.78 is 42.4. The smallest absolute Gasteiger partial charge is 0.354 e. The second-order valence-electron chi connectivity index (χ2n) is 7.30. The molecule has 2 heterocycles. The lowest BCUT2D eigenvalue weighted by Gasteiger charge is -2.14. The molecule has 27 heavy (non-hydrogen) atoms. The molecule has 0 bridgehead atoms. The minimum absolute atomic E-state index is 0.140. The number of aryl methyl sites for hydroxylation is 2. The first kappa shape index (κ1) is 19.4. The van der Waals surface area contributed by atoms with Gasteiger partial charge in [0.05, 0.1) is 5.69 Å². The van der Waals surface area contributed by atoms with Crippen molar-refractivity contribution >= 4 is 5.91 Å². The van der Waals surface area contributed by atoms with Gasteiger partial charge in [0, 0.05) is 30.0 Å². The number of carbonyl (C=O) groups is 1. The number of nitrogens with one attached hydrogen (secondary N) is 1. The summed E-state index contributed by atoms with van der Waals surface area (Å²) >= 11 is 0. The van der Waals surface area contributed by atoms with Crippen LogP contribution in [0.4, 0.5) is 13.2 Å². The van der Waals surface area contributed by atoms with Crippen molar-refractivity contribution in [3.05, 3.63) is 34.4 Å². The summed E-state index contributed by atoms with van der Waals surface area (Å²) in [6.45, 7) is 6.78. The molecule has 9 heteroatoms. The molecule has 1 N–H and O–H groups in total. The topological polar surface area (TPSA) is 64.7 Å². The standard InChI is InChI=1S/C18H24F3N5O/c1-11(9-25-13(3)7-12(2)23-25)8-22-16(27)10-26-15-6-4-5-14(15)17(24-26)18(19,20)21/h7,11H,4-6,8-10H2,1-3H3,(H,22,27). The summed E-state index contributed by atoms with van der Waals surface area (Å²) in [5, 5.41) is 10.9. The van der Waals surface area contributed by atoms with Crippen molar-refractivity contribution in [3.63, 3.8) is 0 Å². The Hall–Kier alpha value is -2.32. The molecule has 0 spiro atoms. The molecule has 6 nitrogen and oxygen atoms in total. The molecular formula is C18H24F3N5O. The summed E-state index contributed by atoms with van der Waals surface area (Å²) in [5.41, 5.74) is 1.93. The lowest BCUT2D eigenvalue weighted by molar-refractivity contribution is -0.142. The summed E-state index contributed by atoms with van der Waals surface area (Å²) in [4.78, 5) is 12.2. The molecule has 0 fully saturated rings. The van der Waals surface area contributed by atoms with Gasteiger partial charge in [-0.1, -0.05) is 6.92 Å². The van der Waals surface area contributed by atoms with Crippen LogP contribution in [-0.4, -0.2) is 32.0 Å². The SMILES string of the molecule is Cc1cc(C)n(CC(C)CNC(=O)Cn2nc(C(F)(F)F)c3c2CCC3)n1. The third-order valence-corrected chi connectivity index (χ3v) is 4.80. The van der Waals surface area contributed by atoms with E-state index in [0.29, 0.717) is 38.0 Å². The number of rotatable bonds is 6. The highest BCUT2D eigenvalue weighted by Gasteiger charge is 2.40. The van der Waals surface area contributed by atoms with Gasteiger partial charge in [0.25, 0.3) is 0 Å². The van der Waals surface area contributed by atoms with Gasteiger partial charge in [-0.25, -0.2) is 0 Å². The highest BCUT2D eigenvalue weighted by atomic mass is 19.4. The number of hydrogen-bond acceptors (Lipinski definition) is 3. The summed E-state index contributed by atoms with van der Waals surface area (Å²) in [6.07, 6.45) is -2.92. The third kappa shape index (κ3) is 4.33. The Morgan fingerprint density at radius 2 is 2.00 bits per heavy atom. The average molecular weight is 383 g/mol. The fourth-order valence-corrected chi connectivity index (χ4v) is 3.57. The van der Waals surface area contributed by atoms with Gasteiger partial charge in [-0.3, -0.25) is 14.2 Å². The molecule has 0 aromatic carbocycles. The van der Waals surface area contributed by atoms with Gasteiger partial charge in [-0.2, -0.15) is 23.4 Å². The van der Waals surface area contributed by atoms with Crippen LogP contribution < -0.4 is 5.32 Å². The molecule has 0 saturated heterocycles. The van der Waals surface area contributed by atoms with Gasteiger partial charge in [-0.15, -0.1) is 0 Å². The van der Waals surface area contributed by atoms with E-state index in [1.54, 1.807) is 0 Å². The Morgan fingerprint density at radius 3 is 2.63 bits per heavy atom. The zero-order valence-electron chi connectivity index (χ0n) is 15.7. The Kier molecular flexibility index (Phi) is 5.30. The summed E-state index contributed by atoms with van der Waals surface area (Å²) in [5.74, 6) is -0.192. The fourth-order valence-electron chi connectivity index (χ4n) is 3.57. The van der Waals surface area contributed by atoms with E-state index in [2.05, 4.69) is 15.5 Å². The molecule has 1 amide bonds. The summed E-state index contributed by atoms with van der Waals surface area (Å²) in [6, 6.07) is 1.99. The number of aromatic nitrogens is 4. The van der Waals surface area contributed by atoms with E-state index in [9.17, 15) is 18.0 Å². The number of fused-ring (bicyclic) bond motifs is 1. The van der Waals surface area contributed by atoms with Gasteiger partial charge in [0.2, 0.25) is 5.91 Å². The molecule has 2 aromatic heterocycles. The van der Waals surface area contributed by atoms with Crippen molar-refractivity contribution in [1.82, 2.24) is 24.9 Å². The largest absolute Gasteiger partial charge is 0.435 e. The second-order valence-corrected chi connectivity index (χ2v) is 7.30. The number of carbonyl (C=O) groups excluding carboxylic acids is 1. The number of hydrogen-bond donors (Lipinski definition) is 1. The van der Waals surface area contributed by atoms with Crippen molar-refractivity contribution in [3.8, 4) is 0 Å². The lowest BCUT2D eigenvalue weighted by Crippen LogP contribution is -2.33. The Bertz CT molecular complexity index is 837. The van der Waals surface area contributed by atoms with Crippen LogP contribution in [0.15, 0.2) is 6.07 Å². The normalized spacial score (nSPS) is 15.0. The van der Waals surface area contributed by atoms with Crippen LogP contribution in [0.3, 0.4) is 0 Å². The lowest BCUT2D eigenvalue weighted by atomic mass is 10.2. The first-order valence-corrected chi connectivity index (χ1v) is 9.08. The maximum absolute atomic E-state index is 13.1. The predicted octanol–water partition coefficient (Wildman–Crippen LogP) is 2.66. The van der Waals surface area contributed by atoms with Crippen LogP contribution in [-0.2, 0) is 36.9 Å². The first-order chi connectivity index (χ1) is 12.6. The van der Waals surface area contributed by atoms with Gasteiger partial charge >= 0.3 is 6.18 Å². The Balaban J connectivity index is 1.58. The quantitative estimate of drug-likeness (QED) is 0.834. The van der Waals surface area contributed by atoms with Crippen LogP contribution >= 0.6 is 0 Å². The van der Waals surface area contributed by atoms with Gasteiger partial charge in [-0.05, 0) is 45.1 Å². The molecule has 2 aromatic rings. The molecule has 1 aliphatic carbocycles. The first-order valence-electron chi connectivity index (χ1n) is 9.08. The van der Waals surface area contributed by atoms with Crippen LogP contribution in [0.25, 0.3) is 0 Å². The maximum Gasteiger partial charge on any atom is 0.435 e. The van der Waals surface area contributed by atoms with Crippen molar-refractivity contribution in [2.24, 2.45) is 5.92 Å². The monoisotopic (exact) mass is 383 g/mol. The fraction of sp³-hybridized carbons (Fsp3) is 0.611. The van der Waals surface area contributed by atoms with Gasteiger partial charge in [0.15, 0.2) is 5.69 Å². The zero-order valence-corrected chi connectivity index (χ0v) is 15.7. The number of nitrogens with zero attached hydrogens (tertiary/aromatic N) is 4. The Labute approximate surface area is 155 Å². The van der Waals surface area contributed by atoms with Crippen molar-refractivity contribution < 1.29 is 18.0 Å². The highest BCUT2D eigenvalue weighted by Crippen LogP contribution is 2.36. The van der Waals surface area contributed by atoms with E-state index >= 15 is 0 Å². The van der Waals surface area contributed by atoms with Crippen LogP contribution in [0.2, 0.25) is 0 Å². The van der Waals surface area contributed by atoms with E-state index in [4.69, 9.17) is 0 Å². The van der Waals surface area contributed by atoms with Crippen molar-refractivity contribution in [1.29, 1.82) is 0 Å². The van der Waals surface area contributed by atoms with E-state index in [1.165, 1.54) is 4.68 Å². The number of amides is 1. The Morgan fingerprint density at radius 1 is 1.26 bits per heavy atom. The van der Waals surface area contributed by atoms with E-state index in [0.717, 1.165) is 11.4 Å². The van der Waals surface area contributed by atoms with Crippen molar-refractivity contribution in [2.75, 3.05) is 6.54 Å². The third-order valence-electron chi connectivity index (χ3n) is 4.80. The van der Waals surface area contributed by atoms with Crippen LogP contribution in [0, 0.1) is 19.8 Å².